The van der Waals surface area contributed by atoms with Gasteiger partial charge in [0.2, 0.25) is 0 Å². The van der Waals surface area contributed by atoms with Crippen molar-refractivity contribution in [3.8, 4) is 10.4 Å². The molecule has 2 rings (SSSR count). The van der Waals surface area contributed by atoms with Gasteiger partial charge >= 0.3 is 0 Å². The highest BCUT2D eigenvalue weighted by Crippen LogP contribution is 2.33. The second-order valence-corrected chi connectivity index (χ2v) is 4.47. The van der Waals surface area contributed by atoms with Crippen molar-refractivity contribution in [1.29, 1.82) is 0 Å². The molecule has 1 aromatic heterocycles. The molecule has 2 nitrogen and oxygen atoms in total. The van der Waals surface area contributed by atoms with Crippen LogP contribution in [0.1, 0.15) is 10.4 Å². The minimum absolute atomic E-state index is 0.408. The van der Waals surface area contributed by atoms with Gasteiger partial charge < -0.3 is 0 Å². The Balaban J connectivity index is 2.63. The summed E-state index contributed by atoms with van der Waals surface area (Å²) in [6.45, 7) is 0. The van der Waals surface area contributed by atoms with Gasteiger partial charge in [0.15, 0.2) is 6.29 Å². The number of aldehydes is 1. The van der Waals surface area contributed by atoms with Crippen LogP contribution in [0.25, 0.3) is 10.4 Å². The lowest BCUT2D eigenvalue weighted by atomic mass is 10.1. The molecule has 0 atom stereocenters. The van der Waals surface area contributed by atoms with Gasteiger partial charge in [-0.1, -0.05) is 29.3 Å². The fraction of sp³-hybridized carbons (Fsp3) is 0. The first-order valence-corrected chi connectivity index (χ1v) is 5.70. The SMILES string of the molecule is O=Cc1cc(Cl)ccc1-c1scnc1Cl. The summed E-state index contributed by atoms with van der Waals surface area (Å²) >= 11 is 13.1. The molecule has 0 amide bonds. The maximum Gasteiger partial charge on any atom is 0.150 e. The van der Waals surface area contributed by atoms with E-state index >= 15 is 0 Å². The molecule has 76 valence electrons. The monoisotopic (exact) mass is 257 g/mol. The zero-order valence-corrected chi connectivity index (χ0v) is 9.73. The normalized spacial score (nSPS) is 10.3. The van der Waals surface area contributed by atoms with Gasteiger partial charge in [-0.2, -0.15) is 0 Å². The Kier molecular flexibility index (Phi) is 3.05. The van der Waals surface area contributed by atoms with E-state index in [1.165, 1.54) is 11.3 Å². The van der Waals surface area contributed by atoms with E-state index < -0.39 is 0 Å². The molecule has 0 fully saturated rings. The van der Waals surface area contributed by atoms with E-state index in [1.807, 2.05) is 0 Å². The van der Waals surface area contributed by atoms with Crippen LogP contribution >= 0.6 is 34.5 Å². The summed E-state index contributed by atoms with van der Waals surface area (Å²) in [4.78, 5) is 15.6. The molecule has 0 N–H and O–H groups in total. The second-order valence-electron chi connectivity index (χ2n) is 2.82. The molecular formula is C10H5Cl2NOS. The van der Waals surface area contributed by atoms with E-state index in [0.717, 1.165) is 16.7 Å². The topological polar surface area (TPSA) is 30.0 Å². The van der Waals surface area contributed by atoms with Gasteiger partial charge in [0.25, 0.3) is 0 Å². The van der Waals surface area contributed by atoms with E-state index in [-0.39, 0.29) is 0 Å². The van der Waals surface area contributed by atoms with Gasteiger partial charge in [0.1, 0.15) is 5.15 Å². The Morgan fingerprint density at radius 3 is 2.73 bits per heavy atom. The fourth-order valence-corrected chi connectivity index (χ4v) is 2.49. The lowest BCUT2D eigenvalue weighted by Crippen LogP contribution is -1.85. The lowest BCUT2D eigenvalue weighted by Gasteiger charge is -2.02. The third-order valence-corrected chi connectivity index (χ3v) is 3.40. The average Bonchev–Trinajstić information content (AvgIpc) is 2.64. The molecular weight excluding hydrogens is 253 g/mol. The Bertz CT molecular complexity index is 510. The average molecular weight is 258 g/mol. The number of thiazole rings is 1. The first kappa shape index (κ1) is 10.6. The van der Waals surface area contributed by atoms with Crippen molar-refractivity contribution >= 4 is 40.8 Å². The van der Waals surface area contributed by atoms with Crippen LogP contribution in [0.3, 0.4) is 0 Å². The number of halogens is 2. The molecule has 0 aliphatic rings. The molecule has 0 bridgehead atoms. The molecule has 0 saturated heterocycles. The highest BCUT2D eigenvalue weighted by molar-refractivity contribution is 7.14. The summed E-state index contributed by atoms with van der Waals surface area (Å²) in [6, 6.07) is 5.10. The zero-order chi connectivity index (χ0) is 10.8. The molecule has 0 saturated carbocycles. The van der Waals surface area contributed by atoms with Gasteiger partial charge in [-0.05, 0) is 12.1 Å². The summed E-state index contributed by atoms with van der Waals surface area (Å²) in [5, 5.41) is 0.937. The van der Waals surface area contributed by atoms with Gasteiger partial charge in [0, 0.05) is 16.1 Å². The smallest absolute Gasteiger partial charge is 0.150 e. The minimum atomic E-state index is 0.408. The number of nitrogens with zero attached hydrogens (tertiary/aromatic N) is 1. The lowest BCUT2D eigenvalue weighted by molar-refractivity contribution is 0.112. The van der Waals surface area contributed by atoms with Gasteiger partial charge in [-0.15, -0.1) is 11.3 Å². The molecule has 5 heteroatoms. The summed E-state index contributed by atoms with van der Waals surface area (Å²) in [5.74, 6) is 0. The first-order chi connectivity index (χ1) is 7.22. The minimum Gasteiger partial charge on any atom is -0.298 e. The molecule has 0 unspecified atom stereocenters. The maximum absolute atomic E-state index is 10.9. The predicted molar refractivity (Wildman–Crippen MR) is 63.0 cm³/mol. The number of carbonyl (C=O) groups is 1. The maximum atomic E-state index is 10.9. The van der Waals surface area contributed by atoms with Crippen LogP contribution in [0.5, 0.6) is 0 Å². The number of hydrogen-bond acceptors (Lipinski definition) is 3. The number of rotatable bonds is 2. The predicted octanol–water partition coefficient (Wildman–Crippen LogP) is 3.93. The first-order valence-electron chi connectivity index (χ1n) is 4.06. The fourth-order valence-electron chi connectivity index (χ4n) is 1.25. The summed E-state index contributed by atoms with van der Waals surface area (Å²) in [6.07, 6.45) is 0.761. The Hall–Kier alpha value is -0.900. The third-order valence-electron chi connectivity index (χ3n) is 1.91. The van der Waals surface area contributed by atoms with Gasteiger partial charge in [-0.25, -0.2) is 4.98 Å². The van der Waals surface area contributed by atoms with Crippen LogP contribution in [0.4, 0.5) is 0 Å². The highest BCUT2D eigenvalue weighted by Gasteiger charge is 2.11. The van der Waals surface area contributed by atoms with E-state index in [1.54, 1.807) is 23.7 Å². The van der Waals surface area contributed by atoms with Crippen LogP contribution in [0, 0.1) is 0 Å². The summed E-state index contributed by atoms with van der Waals surface area (Å²) in [5.41, 5.74) is 2.93. The standard InChI is InChI=1S/C10H5Cl2NOS/c11-7-1-2-8(6(3-7)4-14)9-10(12)13-5-15-9/h1-5H. The van der Waals surface area contributed by atoms with Crippen molar-refractivity contribution in [2.75, 3.05) is 0 Å². The van der Waals surface area contributed by atoms with Crippen LogP contribution in [0.2, 0.25) is 10.2 Å². The molecule has 0 aliphatic carbocycles. The van der Waals surface area contributed by atoms with Crippen molar-refractivity contribution in [1.82, 2.24) is 4.98 Å². The molecule has 15 heavy (non-hydrogen) atoms. The van der Waals surface area contributed by atoms with Crippen LogP contribution in [-0.4, -0.2) is 11.3 Å². The molecule has 0 aliphatic heterocycles. The number of benzene rings is 1. The second kappa shape index (κ2) is 4.31. The van der Waals surface area contributed by atoms with Gasteiger partial charge in [-0.3, -0.25) is 4.79 Å². The third kappa shape index (κ3) is 2.04. The molecule has 1 aromatic carbocycles. The van der Waals surface area contributed by atoms with Crippen molar-refractivity contribution in [3.05, 3.63) is 39.4 Å². The molecule has 1 heterocycles. The van der Waals surface area contributed by atoms with Crippen LogP contribution in [0.15, 0.2) is 23.7 Å². The Morgan fingerprint density at radius 1 is 1.33 bits per heavy atom. The molecule has 2 aromatic rings. The van der Waals surface area contributed by atoms with Crippen molar-refractivity contribution in [2.24, 2.45) is 0 Å². The summed E-state index contributed by atoms with van der Waals surface area (Å²) in [7, 11) is 0. The van der Waals surface area contributed by atoms with E-state index in [0.29, 0.717) is 15.7 Å². The van der Waals surface area contributed by atoms with Gasteiger partial charge in [0.05, 0.1) is 10.4 Å². The van der Waals surface area contributed by atoms with E-state index in [4.69, 9.17) is 23.2 Å². The van der Waals surface area contributed by atoms with Crippen LogP contribution < -0.4 is 0 Å². The zero-order valence-electron chi connectivity index (χ0n) is 7.41. The quantitative estimate of drug-likeness (QED) is 0.764. The van der Waals surface area contributed by atoms with Crippen molar-refractivity contribution in [3.63, 3.8) is 0 Å². The molecule has 0 spiro atoms. The van der Waals surface area contributed by atoms with Crippen LogP contribution in [-0.2, 0) is 0 Å². The van der Waals surface area contributed by atoms with E-state index in [9.17, 15) is 4.79 Å². The van der Waals surface area contributed by atoms with Crippen molar-refractivity contribution in [2.45, 2.75) is 0 Å². The number of carbonyl (C=O) groups excluding carboxylic acids is 1. The number of aromatic nitrogens is 1. The number of hydrogen-bond donors (Lipinski definition) is 0. The Labute approximate surface area is 100 Å². The molecule has 0 radical (unpaired) electrons. The van der Waals surface area contributed by atoms with E-state index in [2.05, 4.69) is 4.98 Å². The largest absolute Gasteiger partial charge is 0.298 e. The Morgan fingerprint density at radius 2 is 2.13 bits per heavy atom. The van der Waals surface area contributed by atoms with Crippen molar-refractivity contribution < 1.29 is 4.79 Å². The summed E-state index contributed by atoms with van der Waals surface area (Å²) < 4.78 is 0. The highest BCUT2D eigenvalue weighted by atomic mass is 35.5.